The molecule has 3 aromatic rings. The highest BCUT2D eigenvalue weighted by molar-refractivity contribution is 7.88. The van der Waals surface area contributed by atoms with Crippen LogP contribution >= 0.6 is 22.9 Å². The normalized spacial score (nSPS) is 17.5. The molecule has 0 unspecified atom stereocenters. The third-order valence-corrected chi connectivity index (χ3v) is 9.49. The van der Waals surface area contributed by atoms with Gasteiger partial charge in [0.25, 0.3) is 0 Å². The average Bonchev–Trinajstić information content (AvgIpc) is 3.21. The van der Waals surface area contributed by atoms with Gasteiger partial charge in [-0.15, -0.1) is 11.3 Å². The number of benzene rings is 1. The highest BCUT2D eigenvalue weighted by Gasteiger charge is 2.25. The van der Waals surface area contributed by atoms with E-state index in [0.29, 0.717) is 50.0 Å². The number of aryl methyl sites for hydroxylation is 2. The van der Waals surface area contributed by atoms with E-state index in [4.69, 9.17) is 26.3 Å². The Kier molecular flexibility index (Phi) is 7.18. The number of halogens is 1. The molecular formula is C24H30ClN5O3S2. The van der Waals surface area contributed by atoms with E-state index in [1.807, 2.05) is 18.2 Å². The summed E-state index contributed by atoms with van der Waals surface area (Å²) in [6.07, 6.45) is 5.85. The lowest BCUT2D eigenvalue weighted by Gasteiger charge is -2.32. The van der Waals surface area contributed by atoms with Crippen molar-refractivity contribution < 1.29 is 13.2 Å². The first-order chi connectivity index (χ1) is 16.8. The molecule has 1 aliphatic heterocycles. The number of thiophene rings is 1. The molecule has 188 valence electrons. The zero-order valence-electron chi connectivity index (χ0n) is 20.0. The minimum atomic E-state index is -3.15. The van der Waals surface area contributed by atoms with Crippen LogP contribution in [0.15, 0.2) is 18.2 Å². The van der Waals surface area contributed by atoms with Crippen molar-refractivity contribution in [2.24, 2.45) is 0 Å². The van der Waals surface area contributed by atoms with E-state index in [9.17, 15) is 8.42 Å². The van der Waals surface area contributed by atoms with Gasteiger partial charge in [0.05, 0.1) is 30.3 Å². The van der Waals surface area contributed by atoms with Crippen LogP contribution in [0.25, 0.3) is 10.2 Å². The number of aromatic nitrogens is 2. The number of piperazine rings is 1. The van der Waals surface area contributed by atoms with Crippen LogP contribution in [-0.4, -0.2) is 67.1 Å². The number of anilines is 1. The number of hydrogen-bond donors (Lipinski definition) is 1. The van der Waals surface area contributed by atoms with Gasteiger partial charge in [-0.05, 0) is 48.9 Å². The summed E-state index contributed by atoms with van der Waals surface area (Å²) in [6, 6.07) is 5.79. The first-order valence-corrected chi connectivity index (χ1v) is 14.9. The van der Waals surface area contributed by atoms with Crippen LogP contribution in [-0.2, 0) is 36.0 Å². The van der Waals surface area contributed by atoms with E-state index < -0.39 is 10.0 Å². The lowest BCUT2D eigenvalue weighted by Crippen LogP contribution is -2.48. The monoisotopic (exact) mass is 535 g/mol. The number of fused-ring (bicyclic) bond motifs is 3. The van der Waals surface area contributed by atoms with Gasteiger partial charge < -0.3 is 10.1 Å². The van der Waals surface area contributed by atoms with E-state index in [0.717, 1.165) is 40.3 Å². The largest absolute Gasteiger partial charge is 0.495 e. The molecule has 0 bridgehead atoms. The van der Waals surface area contributed by atoms with Crippen molar-refractivity contribution in [3.8, 4) is 5.75 Å². The summed E-state index contributed by atoms with van der Waals surface area (Å²) < 4.78 is 30.5. The summed E-state index contributed by atoms with van der Waals surface area (Å²) in [4.78, 5) is 14.6. The van der Waals surface area contributed by atoms with Gasteiger partial charge >= 0.3 is 0 Å². The van der Waals surface area contributed by atoms with Gasteiger partial charge in [0.15, 0.2) is 0 Å². The molecule has 0 amide bonds. The molecule has 0 radical (unpaired) electrons. The van der Waals surface area contributed by atoms with Crippen LogP contribution in [0.4, 0.5) is 5.82 Å². The quantitative estimate of drug-likeness (QED) is 0.490. The molecule has 0 saturated carbocycles. The highest BCUT2D eigenvalue weighted by atomic mass is 35.5. The van der Waals surface area contributed by atoms with Gasteiger partial charge in [0, 0.05) is 37.6 Å². The first kappa shape index (κ1) is 24.7. The predicted molar refractivity (Wildman–Crippen MR) is 141 cm³/mol. The first-order valence-electron chi connectivity index (χ1n) is 11.9. The summed E-state index contributed by atoms with van der Waals surface area (Å²) >= 11 is 8.12. The lowest BCUT2D eigenvalue weighted by molar-refractivity contribution is 0.179. The van der Waals surface area contributed by atoms with E-state index in [1.165, 1.54) is 33.8 Å². The Morgan fingerprint density at radius 3 is 2.63 bits per heavy atom. The van der Waals surface area contributed by atoms with Gasteiger partial charge in [-0.2, -0.15) is 4.31 Å². The predicted octanol–water partition coefficient (Wildman–Crippen LogP) is 3.92. The van der Waals surface area contributed by atoms with Crippen molar-refractivity contribution >= 4 is 49.0 Å². The minimum Gasteiger partial charge on any atom is -0.495 e. The number of hydrogen-bond acceptors (Lipinski definition) is 8. The molecule has 0 spiro atoms. The van der Waals surface area contributed by atoms with Crippen LogP contribution in [0.5, 0.6) is 5.75 Å². The molecule has 2 aliphatic rings. The van der Waals surface area contributed by atoms with Crippen LogP contribution in [0.3, 0.4) is 0 Å². The maximum absolute atomic E-state index is 11.8. The molecular weight excluding hydrogens is 506 g/mol. The third kappa shape index (κ3) is 5.41. The van der Waals surface area contributed by atoms with Gasteiger partial charge in [0.1, 0.15) is 22.2 Å². The van der Waals surface area contributed by atoms with Gasteiger partial charge in [0.2, 0.25) is 10.0 Å². The number of nitrogens with one attached hydrogen (secondary N) is 1. The van der Waals surface area contributed by atoms with Gasteiger partial charge in [-0.25, -0.2) is 18.4 Å². The van der Waals surface area contributed by atoms with Crippen molar-refractivity contribution in [3.05, 3.63) is 45.1 Å². The highest BCUT2D eigenvalue weighted by Crippen LogP contribution is 2.39. The molecule has 5 rings (SSSR count). The fourth-order valence-corrected chi connectivity index (χ4v) is 7.21. The zero-order valence-corrected chi connectivity index (χ0v) is 22.4. The van der Waals surface area contributed by atoms with E-state index >= 15 is 0 Å². The lowest BCUT2D eigenvalue weighted by atomic mass is 9.97. The molecule has 1 aromatic carbocycles. The Morgan fingerprint density at radius 1 is 1.14 bits per heavy atom. The third-order valence-electron chi connectivity index (χ3n) is 6.70. The van der Waals surface area contributed by atoms with Crippen LogP contribution in [0, 0.1) is 0 Å². The maximum atomic E-state index is 11.8. The average molecular weight is 536 g/mol. The second-order valence-corrected chi connectivity index (χ2v) is 12.6. The summed E-state index contributed by atoms with van der Waals surface area (Å²) in [5.41, 5.74) is 2.44. The molecule has 35 heavy (non-hydrogen) atoms. The second-order valence-electron chi connectivity index (χ2n) is 9.14. The van der Waals surface area contributed by atoms with E-state index in [2.05, 4.69) is 10.2 Å². The molecule has 1 saturated heterocycles. The molecule has 1 N–H and O–H groups in total. The van der Waals surface area contributed by atoms with Crippen molar-refractivity contribution in [3.63, 3.8) is 0 Å². The number of ether oxygens (including phenoxy) is 1. The smallest absolute Gasteiger partial charge is 0.211 e. The molecule has 8 nitrogen and oxygen atoms in total. The molecule has 1 aliphatic carbocycles. The molecule has 2 aromatic heterocycles. The topological polar surface area (TPSA) is 87.7 Å². The molecule has 3 heterocycles. The number of rotatable bonds is 7. The van der Waals surface area contributed by atoms with Crippen molar-refractivity contribution in [2.45, 2.75) is 38.8 Å². The Balaban J connectivity index is 1.40. The van der Waals surface area contributed by atoms with Gasteiger partial charge in [-0.1, -0.05) is 17.7 Å². The Bertz CT molecular complexity index is 1340. The fraction of sp³-hybridized carbons (Fsp3) is 0.500. The summed E-state index contributed by atoms with van der Waals surface area (Å²) in [6.45, 7) is 3.52. The summed E-state index contributed by atoms with van der Waals surface area (Å²) in [7, 11) is -1.54. The maximum Gasteiger partial charge on any atom is 0.211 e. The van der Waals surface area contributed by atoms with Crippen molar-refractivity contribution in [1.29, 1.82) is 0 Å². The summed E-state index contributed by atoms with van der Waals surface area (Å²) in [5.74, 6) is 2.29. The van der Waals surface area contributed by atoms with Crippen LogP contribution in [0.1, 0.15) is 34.7 Å². The van der Waals surface area contributed by atoms with Crippen molar-refractivity contribution in [2.75, 3.05) is 44.9 Å². The number of methoxy groups -OCH3 is 1. The number of nitrogens with zero attached hydrogens (tertiary/aromatic N) is 4. The zero-order chi connectivity index (χ0) is 24.6. The van der Waals surface area contributed by atoms with Crippen LogP contribution < -0.4 is 10.1 Å². The molecule has 11 heteroatoms. The Hall–Kier alpha value is -1.98. The fourth-order valence-electron chi connectivity index (χ4n) is 4.83. The minimum absolute atomic E-state index is 0.498. The van der Waals surface area contributed by atoms with Crippen LogP contribution in [0.2, 0.25) is 5.02 Å². The van der Waals surface area contributed by atoms with E-state index in [-0.39, 0.29) is 0 Å². The summed E-state index contributed by atoms with van der Waals surface area (Å²) in [5, 5.41) is 5.29. The van der Waals surface area contributed by atoms with Crippen molar-refractivity contribution in [1.82, 2.24) is 19.2 Å². The molecule has 0 atom stereocenters. The molecule has 1 fully saturated rings. The van der Waals surface area contributed by atoms with Gasteiger partial charge in [-0.3, -0.25) is 4.90 Å². The van der Waals surface area contributed by atoms with E-state index in [1.54, 1.807) is 18.4 Å². The SMILES string of the molecule is COc1ccc(CNc2nc(CN3CCN(S(C)(=O)=O)CC3)nc3sc4c(c23)CCCC4)cc1Cl. The Labute approximate surface area is 215 Å². The Morgan fingerprint density at radius 2 is 1.91 bits per heavy atom. The standard InChI is InChI=1S/C24H30ClN5O3S2/c1-33-19-8-7-16(13-18(19)25)14-26-23-22-17-5-3-4-6-20(17)34-24(22)28-21(27-23)15-29-9-11-30(12-10-29)35(2,31)32/h7-8,13H,3-6,9-12,14-15H2,1-2H3,(H,26,27,28). The second kappa shape index (κ2) is 10.2. The number of sulfonamides is 1.